The maximum absolute atomic E-state index is 13.0. The van der Waals surface area contributed by atoms with Crippen LogP contribution in [-0.4, -0.2) is 26.8 Å². The van der Waals surface area contributed by atoms with Crippen molar-refractivity contribution in [2.45, 2.75) is 17.1 Å². The van der Waals surface area contributed by atoms with E-state index in [0.29, 0.717) is 17.8 Å². The third-order valence-electron chi connectivity index (χ3n) is 5.92. The molecule has 0 spiro atoms. The van der Waals surface area contributed by atoms with Crippen molar-refractivity contribution in [3.05, 3.63) is 114 Å². The van der Waals surface area contributed by atoms with E-state index in [4.69, 9.17) is 4.42 Å². The number of nitrogens with zero attached hydrogens (tertiary/aromatic N) is 1. The van der Waals surface area contributed by atoms with E-state index >= 15 is 0 Å². The van der Waals surface area contributed by atoms with Crippen molar-refractivity contribution >= 4 is 33.0 Å². The number of benzene rings is 3. The molecule has 3 aromatic carbocycles. The Kier molecular flexibility index (Phi) is 5.96. The summed E-state index contributed by atoms with van der Waals surface area (Å²) in [7, 11) is -3.64. The minimum atomic E-state index is -3.64. The van der Waals surface area contributed by atoms with Gasteiger partial charge in [-0.25, -0.2) is 8.42 Å². The van der Waals surface area contributed by atoms with Crippen molar-refractivity contribution in [2.75, 3.05) is 16.8 Å². The van der Waals surface area contributed by atoms with Crippen molar-refractivity contribution in [3.63, 3.8) is 0 Å². The standard InChI is InChI=1S/C27H22N2O5S/c30-26(25-21(15-17-34-25)18-35(32,33)23-7-2-1-3-8-23)28-22-12-10-20(11-13-22)27(31)29-16-14-19-6-4-5-9-24(19)29/h1-13,15,17H,14,16,18H2,(H,28,30). The highest BCUT2D eigenvalue weighted by Gasteiger charge is 2.25. The lowest BCUT2D eigenvalue weighted by atomic mass is 10.1. The van der Waals surface area contributed by atoms with Gasteiger partial charge in [0, 0.05) is 29.0 Å². The van der Waals surface area contributed by atoms with E-state index in [2.05, 4.69) is 5.32 Å². The summed E-state index contributed by atoms with van der Waals surface area (Å²) in [5.41, 5.74) is 3.30. The van der Waals surface area contributed by atoms with Crippen LogP contribution in [0, 0.1) is 0 Å². The lowest BCUT2D eigenvalue weighted by molar-refractivity contribution is 0.0985. The third kappa shape index (κ3) is 4.61. The Morgan fingerprint density at radius 2 is 1.60 bits per heavy atom. The van der Waals surface area contributed by atoms with Crippen molar-refractivity contribution in [1.29, 1.82) is 0 Å². The van der Waals surface area contributed by atoms with Gasteiger partial charge >= 0.3 is 0 Å². The highest BCUT2D eigenvalue weighted by atomic mass is 32.2. The number of anilines is 2. The number of para-hydroxylation sites is 1. The van der Waals surface area contributed by atoms with Gasteiger partial charge < -0.3 is 14.6 Å². The van der Waals surface area contributed by atoms with Gasteiger partial charge in [0.1, 0.15) is 0 Å². The van der Waals surface area contributed by atoms with Crippen LogP contribution in [0.1, 0.15) is 32.0 Å². The number of rotatable bonds is 6. The molecule has 2 amide bonds. The highest BCUT2D eigenvalue weighted by molar-refractivity contribution is 7.90. The van der Waals surface area contributed by atoms with Gasteiger partial charge in [-0.15, -0.1) is 0 Å². The molecule has 0 atom stereocenters. The fourth-order valence-electron chi connectivity index (χ4n) is 4.15. The summed E-state index contributed by atoms with van der Waals surface area (Å²) < 4.78 is 30.7. The molecule has 1 aromatic heterocycles. The average Bonchev–Trinajstić information content (AvgIpc) is 3.51. The van der Waals surface area contributed by atoms with Gasteiger partial charge in [-0.1, -0.05) is 36.4 Å². The molecule has 0 aliphatic carbocycles. The normalized spacial score (nSPS) is 12.9. The summed E-state index contributed by atoms with van der Waals surface area (Å²) in [6.07, 6.45) is 2.11. The van der Waals surface area contributed by atoms with Crippen LogP contribution in [0.3, 0.4) is 0 Å². The number of nitrogens with one attached hydrogen (secondary N) is 1. The number of sulfone groups is 1. The molecule has 176 valence electrons. The maximum atomic E-state index is 13.0. The van der Waals surface area contributed by atoms with Crippen molar-refractivity contribution < 1.29 is 22.4 Å². The average molecular weight is 487 g/mol. The van der Waals surface area contributed by atoms with Crippen LogP contribution >= 0.6 is 0 Å². The number of hydrogen-bond acceptors (Lipinski definition) is 5. The Morgan fingerprint density at radius 3 is 2.37 bits per heavy atom. The SMILES string of the molecule is O=C(Nc1ccc(C(=O)N2CCc3ccccc32)cc1)c1occc1CS(=O)(=O)c1ccccc1. The first-order valence-electron chi connectivity index (χ1n) is 11.1. The van der Waals surface area contributed by atoms with Crippen molar-refractivity contribution in [3.8, 4) is 0 Å². The van der Waals surface area contributed by atoms with E-state index in [0.717, 1.165) is 17.7 Å². The molecule has 0 bridgehead atoms. The van der Waals surface area contributed by atoms with Gasteiger partial charge in [0.25, 0.3) is 11.8 Å². The Bertz CT molecular complexity index is 1490. The molecule has 4 aromatic rings. The van der Waals surface area contributed by atoms with Gasteiger partial charge in [0.15, 0.2) is 15.6 Å². The monoisotopic (exact) mass is 486 g/mol. The zero-order chi connectivity index (χ0) is 24.4. The van der Waals surface area contributed by atoms with Crippen molar-refractivity contribution in [2.24, 2.45) is 0 Å². The predicted octanol–water partition coefficient (Wildman–Crippen LogP) is 4.71. The van der Waals surface area contributed by atoms with Crippen LogP contribution in [0.4, 0.5) is 11.4 Å². The smallest absolute Gasteiger partial charge is 0.291 e. The molecule has 2 heterocycles. The van der Waals surface area contributed by atoms with Gasteiger partial charge in [-0.05, 0) is 60.5 Å². The predicted molar refractivity (Wildman–Crippen MR) is 132 cm³/mol. The molecular formula is C27H22N2O5S. The van der Waals surface area contributed by atoms with Crippen LogP contribution < -0.4 is 10.2 Å². The fourth-order valence-corrected chi connectivity index (χ4v) is 5.53. The fraction of sp³-hybridized carbons (Fsp3) is 0.111. The van der Waals surface area contributed by atoms with Crippen LogP contribution in [0.25, 0.3) is 0 Å². The third-order valence-corrected chi connectivity index (χ3v) is 7.60. The van der Waals surface area contributed by atoms with Gasteiger partial charge in [-0.2, -0.15) is 0 Å². The lowest BCUT2D eigenvalue weighted by Crippen LogP contribution is -2.28. The molecule has 1 aliphatic rings. The van der Waals surface area contributed by atoms with E-state index in [1.54, 1.807) is 47.4 Å². The summed E-state index contributed by atoms with van der Waals surface area (Å²) in [6.45, 7) is 0.629. The van der Waals surface area contributed by atoms with Crippen molar-refractivity contribution in [1.82, 2.24) is 0 Å². The second-order valence-corrected chi connectivity index (χ2v) is 10.2. The van der Waals surface area contributed by atoms with Gasteiger partial charge in [0.05, 0.1) is 16.9 Å². The molecule has 35 heavy (non-hydrogen) atoms. The molecule has 0 saturated carbocycles. The summed E-state index contributed by atoms with van der Waals surface area (Å²) in [6, 6.07) is 23.9. The molecule has 0 saturated heterocycles. The molecule has 7 nitrogen and oxygen atoms in total. The second kappa shape index (κ2) is 9.23. The molecule has 5 rings (SSSR count). The summed E-state index contributed by atoms with van der Waals surface area (Å²) in [4.78, 5) is 27.7. The zero-order valence-corrected chi connectivity index (χ0v) is 19.5. The van der Waals surface area contributed by atoms with Crippen LogP contribution in [-0.2, 0) is 22.0 Å². The van der Waals surface area contributed by atoms with E-state index in [1.807, 2.05) is 24.3 Å². The summed E-state index contributed by atoms with van der Waals surface area (Å²) in [5.74, 6) is -1.10. The Balaban J connectivity index is 1.28. The van der Waals surface area contributed by atoms with E-state index in [9.17, 15) is 18.0 Å². The number of hydrogen-bond donors (Lipinski definition) is 1. The molecule has 1 N–H and O–H groups in total. The summed E-state index contributed by atoms with van der Waals surface area (Å²) in [5, 5.41) is 2.71. The minimum absolute atomic E-state index is 0.0710. The molecule has 1 aliphatic heterocycles. The number of amides is 2. The maximum Gasteiger partial charge on any atom is 0.291 e. The molecule has 0 fully saturated rings. The first-order chi connectivity index (χ1) is 16.9. The van der Waals surface area contributed by atoms with E-state index in [-0.39, 0.29) is 27.9 Å². The number of fused-ring (bicyclic) bond motifs is 1. The quantitative estimate of drug-likeness (QED) is 0.426. The number of furan rings is 1. The molecular weight excluding hydrogens is 464 g/mol. The van der Waals surface area contributed by atoms with Crippen LogP contribution in [0.2, 0.25) is 0 Å². The van der Waals surface area contributed by atoms with E-state index in [1.165, 1.54) is 24.5 Å². The zero-order valence-electron chi connectivity index (χ0n) is 18.7. The Morgan fingerprint density at radius 1 is 0.886 bits per heavy atom. The van der Waals surface area contributed by atoms with Gasteiger partial charge in [-0.3, -0.25) is 9.59 Å². The first-order valence-corrected chi connectivity index (χ1v) is 12.7. The topological polar surface area (TPSA) is 96.7 Å². The molecule has 0 unspecified atom stereocenters. The minimum Gasteiger partial charge on any atom is -0.459 e. The molecule has 0 radical (unpaired) electrons. The summed E-state index contributed by atoms with van der Waals surface area (Å²) >= 11 is 0. The molecule has 8 heteroatoms. The Hall–Kier alpha value is -4.17. The number of carbonyl (C=O) groups is 2. The van der Waals surface area contributed by atoms with Crippen LogP contribution in [0.15, 0.2) is 101 Å². The van der Waals surface area contributed by atoms with E-state index < -0.39 is 15.7 Å². The van der Waals surface area contributed by atoms with Gasteiger partial charge in [0.2, 0.25) is 0 Å². The largest absolute Gasteiger partial charge is 0.459 e. The number of carbonyl (C=O) groups excluding carboxylic acids is 2. The Labute approximate surface area is 202 Å². The van der Waals surface area contributed by atoms with Crippen LogP contribution in [0.5, 0.6) is 0 Å². The second-order valence-electron chi connectivity index (χ2n) is 8.21. The highest BCUT2D eigenvalue weighted by Crippen LogP contribution is 2.29. The lowest BCUT2D eigenvalue weighted by Gasteiger charge is -2.17. The first kappa shape index (κ1) is 22.6.